The highest BCUT2D eigenvalue weighted by Gasteiger charge is 2.10. The smallest absolute Gasteiger partial charge is 0.338 e. The number of carbonyl (C=O) groups is 2. The molecule has 4 heteroatoms. The second kappa shape index (κ2) is 9.58. The van der Waals surface area contributed by atoms with Crippen LogP contribution in [0.4, 0.5) is 0 Å². The van der Waals surface area contributed by atoms with Crippen molar-refractivity contribution in [2.75, 3.05) is 13.2 Å². The van der Waals surface area contributed by atoms with E-state index < -0.39 is 0 Å². The lowest BCUT2D eigenvalue weighted by molar-refractivity contribution is 0.0517. The van der Waals surface area contributed by atoms with Crippen LogP contribution in [0.15, 0.2) is 66.7 Å². The molecule has 0 fully saturated rings. The Morgan fingerprint density at radius 3 is 1.43 bits per heavy atom. The zero-order valence-corrected chi connectivity index (χ0v) is 17.0. The number of ether oxygens (including phenoxy) is 2. The minimum Gasteiger partial charge on any atom is -0.462 e. The molecule has 3 aromatic carbocycles. The van der Waals surface area contributed by atoms with E-state index in [1.807, 2.05) is 42.5 Å². The van der Waals surface area contributed by atoms with Gasteiger partial charge in [-0.25, -0.2) is 9.59 Å². The molecule has 0 aliphatic heterocycles. The molecule has 0 heterocycles. The van der Waals surface area contributed by atoms with Gasteiger partial charge in [0.15, 0.2) is 0 Å². The van der Waals surface area contributed by atoms with E-state index >= 15 is 0 Å². The molecular formula is C26H22O4. The Bertz CT molecular complexity index is 1010. The molecular weight excluding hydrogens is 376 g/mol. The number of hydrogen-bond donors (Lipinski definition) is 0. The summed E-state index contributed by atoms with van der Waals surface area (Å²) in [5.41, 5.74) is 5.49. The first kappa shape index (κ1) is 20.9. The number of benzene rings is 3. The van der Waals surface area contributed by atoms with Crippen LogP contribution in [0.2, 0.25) is 0 Å². The predicted octanol–water partition coefficient (Wildman–Crippen LogP) is 5.36. The Morgan fingerprint density at radius 1 is 0.700 bits per heavy atom. The van der Waals surface area contributed by atoms with Gasteiger partial charge in [-0.3, -0.25) is 0 Å². The van der Waals surface area contributed by atoms with Gasteiger partial charge in [-0.05, 0) is 78.6 Å². The summed E-state index contributed by atoms with van der Waals surface area (Å²) in [6.45, 7) is 4.23. The summed E-state index contributed by atoms with van der Waals surface area (Å²) >= 11 is 0. The van der Waals surface area contributed by atoms with E-state index in [0.29, 0.717) is 24.3 Å². The predicted molar refractivity (Wildman–Crippen MR) is 117 cm³/mol. The van der Waals surface area contributed by atoms with Crippen molar-refractivity contribution >= 4 is 11.9 Å². The lowest BCUT2D eigenvalue weighted by atomic mass is 9.95. The topological polar surface area (TPSA) is 52.6 Å². The van der Waals surface area contributed by atoms with E-state index in [-0.39, 0.29) is 11.9 Å². The Kier molecular flexibility index (Phi) is 6.67. The molecule has 4 nitrogen and oxygen atoms in total. The van der Waals surface area contributed by atoms with Crippen molar-refractivity contribution in [3.8, 4) is 34.6 Å². The second-order valence-corrected chi connectivity index (χ2v) is 6.54. The van der Waals surface area contributed by atoms with Crippen LogP contribution >= 0.6 is 0 Å². The van der Waals surface area contributed by atoms with E-state index in [9.17, 15) is 9.59 Å². The molecule has 0 N–H and O–H groups in total. The van der Waals surface area contributed by atoms with Gasteiger partial charge in [0.05, 0.1) is 24.3 Å². The number of carbonyl (C=O) groups excluding carboxylic acids is 2. The van der Waals surface area contributed by atoms with Gasteiger partial charge in [-0.2, -0.15) is 0 Å². The molecule has 0 atom stereocenters. The van der Waals surface area contributed by atoms with E-state index in [0.717, 1.165) is 27.8 Å². The fourth-order valence-electron chi connectivity index (χ4n) is 3.07. The highest BCUT2D eigenvalue weighted by atomic mass is 16.5. The van der Waals surface area contributed by atoms with E-state index in [1.165, 1.54) is 0 Å². The van der Waals surface area contributed by atoms with Gasteiger partial charge >= 0.3 is 11.9 Å². The Hall–Kier alpha value is -3.84. The molecule has 0 saturated carbocycles. The quantitative estimate of drug-likeness (QED) is 0.415. The molecule has 0 radical (unpaired) electrons. The van der Waals surface area contributed by atoms with Gasteiger partial charge in [0.1, 0.15) is 0 Å². The fraction of sp³-hybridized carbons (Fsp3) is 0.154. The standard InChI is InChI=1S/C26H22O4/c1-4-18-15-23(19-7-11-21(12-8-19)25(27)29-5-2)17-24(16-18)20-9-13-22(14-10-20)26(28)30-6-3/h1,7-17H,5-6H2,2-3H3. The second-order valence-electron chi connectivity index (χ2n) is 6.54. The first-order chi connectivity index (χ1) is 14.5. The largest absolute Gasteiger partial charge is 0.462 e. The first-order valence-electron chi connectivity index (χ1n) is 9.72. The highest BCUT2D eigenvalue weighted by molar-refractivity contribution is 5.91. The SMILES string of the molecule is C#Cc1cc(-c2ccc(C(=O)OCC)cc2)cc(-c2ccc(C(=O)OCC)cc2)c1. The molecule has 0 aliphatic rings. The van der Waals surface area contributed by atoms with E-state index in [4.69, 9.17) is 15.9 Å². The van der Waals surface area contributed by atoms with Crippen molar-refractivity contribution in [2.24, 2.45) is 0 Å². The fourth-order valence-corrected chi connectivity index (χ4v) is 3.07. The maximum atomic E-state index is 11.9. The summed E-state index contributed by atoms with van der Waals surface area (Å²) in [5.74, 6) is 2.00. The van der Waals surface area contributed by atoms with Gasteiger partial charge in [0, 0.05) is 5.56 Å². The van der Waals surface area contributed by atoms with Gasteiger partial charge in [0.2, 0.25) is 0 Å². The Morgan fingerprint density at radius 2 is 1.10 bits per heavy atom. The molecule has 0 unspecified atom stereocenters. The number of hydrogen-bond acceptors (Lipinski definition) is 4. The minimum atomic E-state index is -0.344. The van der Waals surface area contributed by atoms with Crippen molar-refractivity contribution in [3.05, 3.63) is 83.4 Å². The van der Waals surface area contributed by atoms with E-state index in [2.05, 4.69) is 5.92 Å². The summed E-state index contributed by atoms with van der Waals surface area (Å²) in [5, 5.41) is 0. The maximum absolute atomic E-state index is 11.9. The van der Waals surface area contributed by atoms with Gasteiger partial charge in [-0.1, -0.05) is 30.2 Å². The lowest BCUT2D eigenvalue weighted by Crippen LogP contribution is -2.04. The van der Waals surface area contributed by atoms with Crippen LogP contribution in [-0.4, -0.2) is 25.2 Å². The normalized spacial score (nSPS) is 10.2. The summed E-state index contributed by atoms with van der Waals surface area (Å²) in [7, 11) is 0. The van der Waals surface area contributed by atoms with Crippen LogP contribution in [0.3, 0.4) is 0 Å². The first-order valence-corrected chi connectivity index (χ1v) is 9.72. The number of terminal acetylenes is 1. The monoisotopic (exact) mass is 398 g/mol. The van der Waals surface area contributed by atoms with Gasteiger partial charge in [0.25, 0.3) is 0 Å². The van der Waals surface area contributed by atoms with Crippen LogP contribution < -0.4 is 0 Å². The average Bonchev–Trinajstić information content (AvgIpc) is 2.79. The molecule has 0 bridgehead atoms. The summed E-state index contributed by atoms with van der Waals surface area (Å²) in [6.07, 6.45) is 5.67. The third-order valence-corrected chi connectivity index (χ3v) is 4.56. The Balaban J connectivity index is 1.93. The van der Waals surface area contributed by atoms with Gasteiger partial charge in [-0.15, -0.1) is 6.42 Å². The van der Waals surface area contributed by atoms with Crippen molar-refractivity contribution in [3.63, 3.8) is 0 Å². The van der Waals surface area contributed by atoms with Crippen molar-refractivity contribution in [1.82, 2.24) is 0 Å². The molecule has 0 aliphatic carbocycles. The summed E-state index contributed by atoms with van der Waals surface area (Å²) < 4.78 is 10.1. The molecule has 0 amide bonds. The van der Waals surface area contributed by atoms with Crippen LogP contribution in [0.5, 0.6) is 0 Å². The van der Waals surface area contributed by atoms with Crippen LogP contribution in [0.1, 0.15) is 40.1 Å². The third-order valence-electron chi connectivity index (χ3n) is 4.56. The van der Waals surface area contributed by atoms with Crippen molar-refractivity contribution < 1.29 is 19.1 Å². The van der Waals surface area contributed by atoms with Crippen LogP contribution in [0.25, 0.3) is 22.3 Å². The molecule has 3 rings (SSSR count). The lowest BCUT2D eigenvalue weighted by Gasteiger charge is -2.10. The average molecular weight is 398 g/mol. The van der Waals surface area contributed by atoms with Crippen LogP contribution in [-0.2, 0) is 9.47 Å². The number of rotatable bonds is 6. The summed E-state index contributed by atoms with van der Waals surface area (Å²) in [4.78, 5) is 23.7. The van der Waals surface area contributed by atoms with Gasteiger partial charge < -0.3 is 9.47 Å². The highest BCUT2D eigenvalue weighted by Crippen LogP contribution is 2.29. The third kappa shape index (κ3) is 4.76. The molecule has 0 aromatic heterocycles. The maximum Gasteiger partial charge on any atom is 0.338 e. The minimum absolute atomic E-state index is 0.336. The summed E-state index contributed by atoms with van der Waals surface area (Å²) in [6, 6.07) is 20.3. The molecule has 0 spiro atoms. The Labute approximate surface area is 176 Å². The molecule has 30 heavy (non-hydrogen) atoms. The zero-order chi connectivity index (χ0) is 21.5. The van der Waals surface area contributed by atoms with Crippen molar-refractivity contribution in [2.45, 2.75) is 13.8 Å². The number of esters is 2. The molecule has 0 saturated heterocycles. The molecule has 3 aromatic rings. The zero-order valence-electron chi connectivity index (χ0n) is 17.0. The van der Waals surface area contributed by atoms with Crippen molar-refractivity contribution in [1.29, 1.82) is 0 Å². The molecule has 150 valence electrons. The van der Waals surface area contributed by atoms with E-state index in [1.54, 1.807) is 38.1 Å². The van der Waals surface area contributed by atoms with Crippen LogP contribution in [0, 0.1) is 12.3 Å².